The van der Waals surface area contributed by atoms with E-state index in [4.69, 9.17) is 0 Å². The van der Waals surface area contributed by atoms with Crippen LogP contribution in [0.15, 0.2) is 47.6 Å². The molecule has 1 N–H and O–H groups in total. The van der Waals surface area contributed by atoms with Gasteiger partial charge in [0.1, 0.15) is 0 Å². The van der Waals surface area contributed by atoms with Crippen LogP contribution >= 0.6 is 23.7 Å². The van der Waals surface area contributed by atoms with Crippen LogP contribution in [0.4, 0.5) is 5.69 Å². The Morgan fingerprint density at radius 3 is 2.44 bits per heavy atom. The zero-order valence-corrected chi connectivity index (χ0v) is 17.1. The molecule has 0 spiro atoms. The lowest BCUT2D eigenvalue weighted by Gasteiger charge is -2.04. The van der Waals surface area contributed by atoms with Gasteiger partial charge in [-0.2, -0.15) is 0 Å². The van der Waals surface area contributed by atoms with Gasteiger partial charge in [-0.3, -0.25) is 9.78 Å². The van der Waals surface area contributed by atoms with Gasteiger partial charge in [0.05, 0.1) is 29.1 Å². The van der Waals surface area contributed by atoms with Crippen molar-refractivity contribution in [2.45, 2.75) is 27.3 Å². The number of thiazole rings is 1. The van der Waals surface area contributed by atoms with Gasteiger partial charge < -0.3 is 9.67 Å². The molecule has 0 saturated carbocycles. The van der Waals surface area contributed by atoms with Crippen LogP contribution in [0, 0.1) is 13.8 Å². The molecule has 5 nitrogen and oxygen atoms in total. The number of benzene rings is 1. The van der Waals surface area contributed by atoms with E-state index < -0.39 is 0 Å². The Labute approximate surface area is 168 Å². The summed E-state index contributed by atoms with van der Waals surface area (Å²) in [7, 11) is 0. The van der Waals surface area contributed by atoms with Gasteiger partial charge in [0.2, 0.25) is 0 Å². The summed E-state index contributed by atoms with van der Waals surface area (Å²) < 4.78 is 1.87. The van der Waals surface area contributed by atoms with E-state index in [0.717, 1.165) is 17.0 Å². The molecule has 3 aromatic rings. The van der Waals surface area contributed by atoms with Crippen LogP contribution < -0.4 is 4.80 Å². The van der Waals surface area contributed by atoms with E-state index in [1.807, 2.05) is 35.8 Å². The molecule has 0 radical (unpaired) electrons. The van der Waals surface area contributed by atoms with E-state index in [9.17, 15) is 9.90 Å². The normalized spacial score (nSPS) is 11.3. The Morgan fingerprint density at radius 2 is 1.89 bits per heavy atom. The third kappa shape index (κ3) is 4.71. The molecule has 0 aliphatic rings. The number of pyridine rings is 1. The van der Waals surface area contributed by atoms with Crippen molar-refractivity contribution < 1.29 is 9.90 Å². The molecule has 2 heterocycles. The van der Waals surface area contributed by atoms with Crippen LogP contribution in [0.2, 0.25) is 0 Å². The molecule has 0 saturated heterocycles. The quantitative estimate of drug-likeness (QED) is 0.652. The van der Waals surface area contributed by atoms with Gasteiger partial charge in [-0.1, -0.05) is 41.2 Å². The number of aromatic nitrogens is 2. The predicted octanol–water partition coefficient (Wildman–Crippen LogP) is 4.08. The molecule has 0 amide bonds. The molecule has 0 aliphatic carbocycles. The first-order valence-electron chi connectivity index (χ1n) is 8.39. The Kier molecular flexibility index (Phi) is 7.07. The fraction of sp³-hybridized carbons (Fsp3) is 0.250. The van der Waals surface area contributed by atoms with E-state index in [2.05, 4.69) is 29.0 Å². The number of carbonyl (C=O) groups is 1. The fourth-order valence-corrected chi connectivity index (χ4v) is 3.79. The summed E-state index contributed by atoms with van der Waals surface area (Å²) in [5, 5.41) is 9.31. The van der Waals surface area contributed by atoms with Gasteiger partial charge >= 0.3 is 0 Å². The van der Waals surface area contributed by atoms with Crippen LogP contribution in [0.25, 0.3) is 11.3 Å². The standard InChI is InChI=1S/C20H21N3O2S.ClH/c1-13-4-6-16(7-5-13)18-9-8-17(12-21-18)22-20-23(10-11-24)14(2)19(26-20)15(3)25;/h4-9,12,24H,10-11H2,1-3H3;1H. The van der Waals surface area contributed by atoms with Crippen molar-refractivity contribution in [1.29, 1.82) is 0 Å². The van der Waals surface area contributed by atoms with Crippen LogP contribution in [-0.4, -0.2) is 27.0 Å². The maximum Gasteiger partial charge on any atom is 0.190 e. The van der Waals surface area contributed by atoms with Crippen molar-refractivity contribution in [3.8, 4) is 11.3 Å². The Bertz CT molecular complexity index is 990. The Hall–Kier alpha value is -2.28. The van der Waals surface area contributed by atoms with E-state index >= 15 is 0 Å². The number of rotatable bonds is 5. The summed E-state index contributed by atoms with van der Waals surface area (Å²) in [6.07, 6.45) is 1.72. The molecule has 0 unspecified atom stereocenters. The molecule has 1 aromatic carbocycles. The van der Waals surface area contributed by atoms with Gasteiger partial charge in [0.15, 0.2) is 10.6 Å². The first kappa shape index (κ1) is 21.0. The molecule has 0 fully saturated rings. The number of Topliss-reactive ketones (excluding diaryl/α,β-unsaturated/α-hetero) is 1. The second-order valence-electron chi connectivity index (χ2n) is 6.11. The first-order valence-corrected chi connectivity index (χ1v) is 9.21. The van der Waals surface area contributed by atoms with Crippen LogP contribution in [-0.2, 0) is 6.54 Å². The second-order valence-corrected chi connectivity index (χ2v) is 7.09. The molecule has 2 aromatic heterocycles. The average Bonchev–Trinajstić information content (AvgIpc) is 2.93. The minimum absolute atomic E-state index is 0. The molecule has 0 atom stereocenters. The number of hydrogen-bond acceptors (Lipinski definition) is 5. The van der Waals surface area contributed by atoms with Crippen molar-refractivity contribution in [2.24, 2.45) is 4.99 Å². The van der Waals surface area contributed by atoms with Crippen molar-refractivity contribution >= 4 is 35.2 Å². The van der Waals surface area contributed by atoms with Crippen molar-refractivity contribution in [3.63, 3.8) is 0 Å². The predicted molar refractivity (Wildman–Crippen MR) is 111 cm³/mol. The summed E-state index contributed by atoms with van der Waals surface area (Å²) in [5.41, 5.74) is 4.70. The van der Waals surface area contributed by atoms with Crippen LogP contribution in [0.1, 0.15) is 27.9 Å². The topological polar surface area (TPSA) is 67.5 Å². The highest BCUT2D eigenvalue weighted by Gasteiger charge is 2.13. The van der Waals surface area contributed by atoms with Crippen molar-refractivity contribution in [1.82, 2.24) is 9.55 Å². The van der Waals surface area contributed by atoms with Crippen LogP contribution in [0.5, 0.6) is 0 Å². The van der Waals surface area contributed by atoms with Crippen LogP contribution in [0.3, 0.4) is 0 Å². The van der Waals surface area contributed by atoms with E-state index in [1.165, 1.54) is 16.9 Å². The van der Waals surface area contributed by atoms with Gasteiger partial charge in [0, 0.05) is 24.7 Å². The number of aliphatic hydroxyl groups is 1. The zero-order valence-electron chi connectivity index (χ0n) is 15.5. The van der Waals surface area contributed by atoms with Gasteiger partial charge in [-0.25, -0.2) is 4.99 Å². The maximum atomic E-state index is 11.8. The third-order valence-electron chi connectivity index (χ3n) is 4.12. The summed E-state index contributed by atoms with van der Waals surface area (Å²) in [6, 6.07) is 12.1. The highest BCUT2D eigenvalue weighted by Crippen LogP contribution is 2.20. The molecular formula is C20H22ClN3O2S. The number of aliphatic hydroxyl groups excluding tert-OH is 1. The number of nitrogens with zero attached hydrogens (tertiary/aromatic N) is 3. The number of carbonyl (C=O) groups excluding carboxylic acids is 1. The second kappa shape index (κ2) is 9.08. The lowest BCUT2D eigenvalue weighted by Crippen LogP contribution is -2.18. The molecule has 7 heteroatoms. The largest absolute Gasteiger partial charge is 0.395 e. The molecule has 142 valence electrons. The Balaban J connectivity index is 0.00000261. The summed E-state index contributed by atoms with van der Waals surface area (Å²) in [4.78, 5) is 22.3. The number of aryl methyl sites for hydroxylation is 1. The molecular weight excluding hydrogens is 382 g/mol. The average molecular weight is 404 g/mol. The third-order valence-corrected chi connectivity index (χ3v) is 5.40. The monoisotopic (exact) mass is 403 g/mol. The molecule has 0 bridgehead atoms. The van der Waals surface area contributed by atoms with Crippen molar-refractivity contribution in [2.75, 3.05) is 6.61 Å². The molecule has 27 heavy (non-hydrogen) atoms. The van der Waals surface area contributed by atoms with Gasteiger partial charge in [0.25, 0.3) is 0 Å². The van der Waals surface area contributed by atoms with E-state index in [1.54, 1.807) is 13.1 Å². The summed E-state index contributed by atoms with van der Waals surface area (Å²) in [5.74, 6) is 0.00786. The van der Waals surface area contributed by atoms with Gasteiger partial charge in [-0.05, 0) is 26.0 Å². The van der Waals surface area contributed by atoms with E-state index in [0.29, 0.717) is 21.9 Å². The van der Waals surface area contributed by atoms with Gasteiger partial charge in [-0.15, -0.1) is 12.4 Å². The fourth-order valence-electron chi connectivity index (χ4n) is 2.72. The number of hydrogen-bond donors (Lipinski definition) is 1. The van der Waals surface area contributed by atoms with Crippen molar-refractivity contribution in [3.05, 3.63) is 63.5 Å². The highest BCUT2D eigenvalue weighted by molar-refractivity contribution is 7.11. The smallest absolute Gasteiger partial charge is 0.190 e. The molecule has 0 aliphatic heterocycles. The van der Waals surface area contributed by atoms with E-state index in [-0.39, 0.29) is 24.8 Å². The SMILES string of the molecule is CC(=O)c1sc(=Nc2ccc(-c3ccc(C)cc3)nc2)n(CCO)c1C.Cl. The Morgan fingerprint density at radius 1 is 1.19 bits per heavy atom. The minimum Gasteiger partial charge on any atom is -0.395 e. The summed E-state index contributed by atoms with van der Waals surface area (Å²) >= 11 is 1.34. The number of halogens is 1. The molecule has 3 rings (SSSR count). The lowest BCUT2D eigenvalue weighted by atomic mass is 10.1. The lowest BCUT2D eigenvalue weighted by molar-refractivity contribution is 0.102. The summed E-state index contributed by atoms with van der Waals surface area (Å²) in [6.45, 7) is 5.87. The minimum atomic E-state index is -0.00723. The number of ketones is 1. The maximum absolute atomic E-state index is 11.8. The zero-order chi connectivity index (χ0) is 18.7. The highest BCUT2D eigenvalue weighted by atomic mass is 35.5. The first-order chi connectivity index (χ1) is 12.5.